The molecule has 0 aromatic heterocycles. The van der Waals surface area contributed by atoms with Gasteiger partial charge in [-0.05, 0) is 23.8 Å². The van der Waals surface area contributed by atoms with Crippen molar-refractivity contribution in [3.8, 4) is 5.75 Å². The molecule has 4 heteroatoms. The number of benzene rings is 2. The van der Waals surface area contributed by atoms with Crippen LogP contribution in [0.25, 0.3) is 0 Å². The van der Waals surface area contributed by atoms with Gasteiger partial charge < -0.3 is 10.8 Å². The zero-order valence-electron chi connectivity index (χ0n) is 10.2. The lowest BCUT2D eigenvalue weighted by atomic mass is 9.87. The quantitative estimate of drug-likeness (QED) is 0.886. The molecule has 0 aliphatic heterocycles. The maximum Gasteiger partial charge on any atom is 0.218 e. The molecule has 0 spiro atoms. The molecule has 2 rings (SSSR count). The molecule has 19 heavy (non-hydrogen) atoms. The number of aromatic hydroxyl groups is 1. The van der Waals surface area contributed by atoms with Crippen molar-refractivity contribution in [2.24, 2.45) is 5.73 Å². The highest BCUT2D eigenvalue weighted by Crippen LogP contribution is 2.34. The van der Waals surface area contributed by atoms with Crippen molar-refractivity contribution in [3.63, 3.8) is 0 Å². The number of amides is 1. The highest BCUT2D eigenvalue weighted by atomic mass is 19.1. The summed E-state index contributed by atoms with van der Waals surface area (Å²) in [4.78, 5) is 11.2. The number of carbonyl (C=O) groups excluding carboxylic acids is 1. The van der Waals surface area contributed by atoms with Crippen molar-refractivity contribution in [1.82, 2.24) is 0 Å². The fraction of sp³-hybridized carbons (Fsp3) is 0.133. The van der Waals surface area contributed by atoms with Crippen molar-refractivity contribution >= 4 is 5.91 Å². The Morgan fingerprint density at radius 3 is 2.53 bits per heavy atom. The second-order valence-electron chi connectivity index (χ2n) is 4.34. The third-order valence-corrected chi connectivity index (χ3v) is 2.97. The predicted molar refractivity (Wildman–Crippen MR) is 70.2 cm³/mol. The number of rotatable bonds is 4. The van der Waals surface area contributed by atoms with Crippen LogP contribution < -0.4 is 5.73 Å². The molecule has 0 aliphatic carbocycles. The van der Waals surface area contributed by atoms with Gasteiger partial charge in [0.2, 0.25) is 5.91 Å². The van der Waals surface area contributed by atoms with Crippen LogP contribution in [0.5, 0.6) is 5.75 Å². The fourth-order valence-corrected chi connectivity index (χ4v) is 2.10. The van der Waals surface area contributed by atoms with E-state index in [2.05, 4.69) is 0 Å². The molecule has 1 atom stereocenters. The Balaban J connectivity index is 2.48. The Morgan fingerprint density at radius 1 is 1.21 bits per heavy atom. The van der Waals surface area contributed by atoms with Crippen LogP contribution in [0.2, 0.25) is 0 Å². The topological polar surface area (TPSA) is 63.3 Å². The van der Waals surface area contributed by atoms with Crippen LogP contribution in [0, 0.1) is 5.82 Å². The Bertz CT molecular complexity index is 584. The smallest absolute Gasteiger partial charge is 0.218 e. The zero-order chi connectivity index (χ0) is 13.8. The molecule has 2 aromatic carbocycles. The van der Waals surface area contributed by atoms with Crippen molar-refractivity contribution in [2.75, 3.05) is 0 Å². The van der Waals surface area contributed by atoms with Crippen molar-refractivity contribution in [1.29, 1.82) is 0 Å². The number of phenols is 1. The molecule has 3 N–H and O–H groups in total. The number of phenolic OH excluding ortho intramolecular Hbond substituents is 1. The number of hydrogen-bond donors (Lipinski definition) is 2. The van der Waals surface area contributed by atoms with Gasteiger partial charge in [-0.3, -0.25) is 4.79 Å². The van der Waals surface area contributed by atoms with E-state index in [4.69, 9.17) is 5.73 Å². The van der Waals surface area contributed by atoms with Gasteiger partial charge in [0, 0.05) is 17.9 Å². The Labute approximate surface area is 110 Å². The van der Waals surface area contributed by atoms with E-state index in [1.807, 2.05) is 30.3 Å². The summed E-state index contributed by atoms with van der Waals surface area (Å²) < 4.78 is 13.3. The molecule has 0 bridgehead atoms. The fourth-order valence-electron chi connectivity index (χ4n) is 2.10. The molecule has 1 amide bonds. The summed E-state index contributed by atoms with van der Waals surface area (Å²) >= 11 is 0. The lowest BCUT2D eigenvalue weighted by molar-refractivity contribution is -0.118. The molecule has 0 heterocycles. The van der Waals surface area contributed by atoms with E-state index in [0.29, 0.717) is 5.56 Å². The lowest BCUT2D eigenvalue weighted by Gasteiger charge is -2.17. The minimum Gasteiger partial charge on any atom is -0.508 e. The summed E-state index contributed by atoms with van der Waals surface area (Å²) in [6.45, 7) is 0. The first kappa shape index (κ1) is 13.1. The molecule has 2 aromatic rings. The molecule has 3 nitrogen and oxygen atoms in total. The molecule has 0 saturated heterocycles. The average molecular weight is 259 g/mol. The first-order valence-corrected chi connectivity index (χ1v) is 5.89. The largest absolute Gasteiger partial charge is 0.508 e. The third kappa shape index (κ3) is 3.10. The summed E-state index contributed by atoms with van der Waals surface area (Å²) in [5.41, 5.74) is 6.42. The molecule has 0 aliphatic rings. The van der Waals surface area contributed by atoms with Gasteiger partial charge in [0.05, 0.1) is 0 Å². The second kappa shape index (κ2) is 5.52. The van der Waals surface area contributed by atoms with Crippen LogP contribution in [0.3, 0.4) is 0 Å². The van der Waals surface area contributed by atoms with Crippen LogP contribution in [0.15, 0.2) is 48.5 Å². The summed E-state index contributed by atoms with van der Waals surface area (Å²) in [6, 6.07) is 12.8. The van der Waals surface area contributed by atoms with Gasteiger partial charge in [0.1, 0.15) is 11.6 Å². The van der Waals surface area contributed by atoms with Gasteiger partial charge in [-0.2, -0.15) is 0 Å². The standard InChI is InChI=1S/C15H14FNO2/c16-11-6-7-14(18)13(8-11)12(9-15(17)19)10-4-2-1-3-5-10/h1-8,12,18H,9H2,(H2,17,19). The van der Waals surface area contributed by atoms with Crippen molar-refractivity contribution in [2.45, 2.75) is 12.3 Å². The molecule has 0 saturated carbocycles. The minimum atomic E-state index is -0.502. The summed E-state index contributed by atoms with van der Waals surface area (Å²) in [7, 11) is 0. The number of nitrogens with two attached hydrogens (primary N) is 1. The normalized spacial score (nSPS) is 12.1. The van der Waals surface area contributed by atoms with E-state index in [1.54, 1.807) is 0 Å². The first-order chi connectivity index (χ1) is 9.08. The van der Waals surface area contributed by atoms with E-state index < -0.39 is 17.6 Å². The summed E-state index contributed by atoms with van der Waals surface area (Å²) in [5.74, 6) is -1.46. The SMILES string of the molecule is NC(=O)CC(c1ccccc1)c1cc(F)ccc1O. The molecule has 1 unspecified atom stereocenters. The highest BCUT2D eigenvalue weighted by Gasteiger charge is 2.20. The molecule has 98 valence electrons. The molecule has 0 radical (unpaired) electrons. The Kier molecular flexibility index (Phi) is 3.80. The number of carbonyl (C=O) groups is 1. The Hall–Kier alpha value is -2.36. The van der Waals surface area contributed by atoms with Gasteiger partial charge in [0.15, 0.2) is 0 Å². The second-order valence-corrected chi connectivity index (χ2v) is 4.34. The van der Waals surface area contributed by atoms with Crippen LogP contribution in [-0.4, -0.2) is 11.0 Å². The van der Waals surface area contributed by atoms with E-state index in [0.717, 1.165) is 5.56 Å². The number of hydrogen-bond acceptors (Lipinski definition) is 2. The van der Waals surface area contributed by atoms with Gasteiger partial charge >= 0.3 is 0 Å². The van der Waals surface area contributed by atoms with Crippen molar-refractivity contribution in [3.05, 3.63) is 65.5 Å². The number of primary amides is 1. The maximum absolute atomic E-state index is 13.3. The van der Waals surface area contributed by atoms with Crippen LogP contribution in [-0.2, 0) is 4.79 Å². The first-order valence-electron chi connectivity index (χ1n) is 5.89. The predicted octanol–water partition coefficient (Wildman–Crippen LogP) is 2.54. The summed E-state index contributed by atoms with van der Waals surface area (Å²) in [5, 5.41) is 9.86. The van der Waals surface area contributed by atoms with Crippen LogP contribution in [0.4, 0.5) is 4.39 Å². The maximum atomic E-state index is 13.3. The van der Waals surface area contributed by atoms with Gasteiger partial charge in [-0.15, -0.1) is 0 Å². The monoisotopic (exact) mass is 259 g/mol. The van der Waals surface area contributed by atoms with Crippen LogP contribution in [0.1, 0.15) is 23.5 Å². The molecule has 0 fully saturated rings. The van der Waals surface area contributed by atoms with E-state index >= 15 is 0 Å². The highest BCUT2D eigenvalue weighted by molar-refractivity contribution is 5.75. The zero-order valence-corrected chi connectivity index (χ0v) is 10.2. The average Bonchev–Trinajstić information content (AvgIpc) is 2.40. The van der Waals surface area contributed by atoms with Gasteiger partial charge in [-0.25, -0.2) is 4.39 Å². The van der Waals surface area contributed by atoms with E-state index in [9.17, 15) is 14.3 Å². The minimum absolute atomic E-state index is 0.0149. The third-order valence-electron chi connectivity index (χ3n) is 2.97. The Morgan fingerprint density at radius 2 is 1.89 bits per heavy atom. The van der Waals surface area contributed by atoms with Gasteiger partial charge in [-0.1, -0.05) is 30.3 Å². The molecular formula is C15H14FNO2. The van der Waals surface area contributed by atoms with Crippen LogP contribution >= 0.6 is 0 Å². The summed E-state index contributed by atoms with van der Waals surface area (Å²) in [6.07, 6.45) is 0.0149. The van der Waals surface area contributed by atoms with Gasteiger partial charge in [0.25, 0.3) is 0 Å². The van der Waals surface area contributed by atoms with E-state index in [-0.39, 0.29) is 12.2 Å². The number of halogens is 1. The van der Waals surface area contributed by atoms with E-state index in [1.165, 1.54) is 18.2 Å². The lowest BCUT2D eigenvalue weighted by Crippen LogP contribution is -2.16. The van der Waals surface area contributed by atoms with Crippen molar-refractivity contribution < 1.29 is 14.3 Å². The molecular weight excluding hydrogens is 245 g/mol.